The number of carbonyl (C=O) groups excluding carboxylic acids is 1. The van der Waals surface area contributed by atoms with Gasteiger partial charge in [-0.3, -0.25) is 4.79 Å². The number of fused-ring (bicyclic) bond motifs is 2. The van der Waals surface area contributed by atoms with Gasteiger partial charge in [0.25, 0.3) is 5.91 Å². The molecule has 0 fully saturated rings. The number of furan rings is 1. The Morgan fingerprint density at radius 3 is 2.68 bits per heavy atom. The molecule has 4 nitrogen and oxygen atoms in total. The number of aryl methyl sites for hydroxylation is 1. The van der Waals surface area contributed by atoms with Gasteiger partial charge in [-0.25, -0.2) is 0 Å². The Kier molecular flexibility index (Phi) is 4.05. The van der Waals surface area contributed by atoms with Gasteiger partial charge in [0, 0.05) is 31.8 Å². The van der Waals surface area contributed by atoms with Crippen LogP contribution in [0.3, 0.4) is 0 Å². The first-order valence-corrected chi connectivity index (χ1v) is 9.68. The minimum absolute atomic E-state index is 0.0643. The van der Waals surface area contributed by atoms with Crippen LogP contribution in [0, 0.1) is 6.92 Å². The van der Waals surface area contributed by atoms with Crippen molar-refractivity contribution in [2.24, 2.45) is 0 Å². The van der Waals surface area contributed by atoms with Crippen LogP contribution < -0.4 is 0 Å². The highest BCUT2D eigenvalue weighted by Gasteiger charge is 2.26. The molecule has 0 bridgehead atoms. The van der Waals surface area contributed by atoms with Gasteiger partial charge < -0.3 is 13.9 Å². The van der Waals surface area contributed by atoms with Crippen molar-refractivity contribution in [2.75, 3.05) is 6.54 Å². The fourth-order valence-corrected chi connectivity index (χ4v) is 4.11. The highest BCUT2D eigenvalue weighted by atomic mass is 16.3. The molecule has 1 aliphatic rings. The van der Waals surface area contributed by atoms with Crippen LogP contribution in [-0.4, -0.2) is 21.9 Å². The molecular formula is C24H22N2O2. The van der Waals surface area contributed by atoms with Crippen molar-refractivity contribution in [1.82, 2.24) is 9.47 Å². The zero-order valence-corrected chi connectivity index (χ0v) is 15.9. The Balaban J connectivity index is 1.52. The van der Waals surface area contributed by atoms with Gasteiger partial charge in [0.2, 0.25) is 0 Å². The van der Waals surface area contributed by atoms with Crippen molar-refractivity contribution in [2.45, 2.75) is 26.4 Å². The summed E-state index contributed by atoms with van der Waals surface area (Å²) in [5, 5.41) is 0. The maximum atomic E-state index is 13.4. The van der Waals surface area contributed by atoms with E-state index in [0.717, 1.165) is 24.1 Å². The van der Waals surface area contributed by atoms with Crippen LogP contribution >= 0.6 is 0 Å². The van der Waals surface area contributed by atoms with Gasteiger partial charge in [0.1, 0.15) is 5.69 Å². The zero-order valence-electron chi connectivity index (χ0n) is 15.9. The molecule has 0 saturated heterocycles. The summed E-state index contributed by atoms with van der Waals surface area (Å²) in [6.45, 7) is 4.16. The topological polar surface area (TPSA) is 38.4 Å². The summed E-state index contributed by atoms with van der Waals surface area (Å²) in [5.41, 5.74) is 7.42. The molecule has 3 heterocycles. The van der Waals surface area contributed by atoms with Crippen LogP contribution in [0.2, 0.25) is 0 Å². The van der Waals surface area contributed by atoms with Crippen LogP contribution in [0.5, 0.6) is 0 Å². The standard InChI is InChI=1S/C24H22N2O2/c1-17-6-2-3-8-19(17)16-26-21-11-13-28-23(21)14-22(26)24(27)25-12-10-18-7-4-5-9-20(18)15-25/h2-9,11,13-14H,10,12,15-16H2,1H3. The number of benzene rings is 2. The van der Waals surface area contributed by atoms with E-state index >= 15 is 0 Å². The number of amides is 1. The van der Waals surface area contributed by atoms with Gasteiger partial charge in [0.05, 0.1) is 11.8 Å². The van der Waals surface area contributed by atoms with Crippen molar-refractivity contribution < 1.29 is 9.21 Å². The second-order valence-electron chi connectivity index (χ2n) is 7.46. The predicted octanol–water partition coefficient (Wildman–Crippen LogP) is 4.79. The SMILES string of the molecule is Cc1ccccc1Cn1c(C(=O)N2CCc3ccccc3C2)cc2occc21. The Morgan fingerprint density at radius 2 is 1.82 bits per heavy atom. The minimum atomic E-state index is 0.0643. The minimum Gasteiger partial charge on any atom is -0.463 e. The summed E-state index contributed by atoms with van der Waals surface area (Å²) in [5.74, 6) is 0.0643. The molecule has 4 heteroatoms. The van der Waals surface area contributed by atoms with E-state index in [1.165, 1.54) is 22.3 Å². The smallest absolute Gasteiger partial charge is 0.270 e. The molecule has 0 aliphatic carbocycles. The molecule has 2 aromatic heterocycles. The van der Waals surface area contributed by atoms with Gasteiger partial charge in [-0.1, -0.05) is 48.5 Å². The second kappa shape index (κ2) is 6.71. The van der Waals surface area contributed by atoms with Gasteiger partial charge in [-0.15, -0.1) is 0 Å². The van der Waals surface area contributed by atoms with Crippen LogP contribution in [0.4, 0.5) is 0 Å². The largest absolute Gasteiger partial charge is 0.463 e. The highest BCUT2D eigenvalue weighted by Crippen LogP contribution is 2.26. The van der Waals surface area contributed by atoms with Crippen molar-refractivity contribution >= 4 is 17.0 Å². The van der Waals surface area contributed by atoms with Gasteiger partial charge >= 0.3 is 0 Å². The molecule has 0 atom stereocenters. The molecule has 1 aliphatic heterocycles. The van der Waals surface area contributed by atoms with E-state index in [2.05, 4.69) is 41.8 Å². The lowest BCUT2D eigenvalue weighted by atomic mass is 10.00. The van der Waals surface area contributed by atoms with Crippen LogP contribution in [0.25, 0.3) is 11.1 Å². The molecule has 0 N–H and O–H groups in total. The number of hydrogen-bond donors (Lipinski definition) is 0. The summed E-state index contributed by atoms with van der Waals surface area (Å²) >= 11 is 0. The molecule has 4 aromatic rings. The lowest BCUT2D eigenvalue weighted by Gasteiger charge is -2.29. The quantitative estimate of drug-likeness (QED) is 0.520. The van der Waals surface area contributed by atoms with E-state index in [9.17, 15) is 4.79 Å². The van der Waals surface area contributed by atoms with Crippen LogP contribution in [-0.2, 0) is 19.5 Å². The number of rotatable bonds is 3. The lowest BCUT2D eigenvalue weighted by Crippen LogP contribution is -2.37. The molecule has 28 heavy (non-hydrogen) atoms. The molecular weight excluding hydrogens is 348 g/mol. The lowest BCUT2D eigenvalue weighted by molar-refractivity contribution is 0.0724. The Morgan fingerprint density at radius 1 is 1.04 bits per heavy atom. The molecule has 2 aromatic carbocycles. The summed E-state index contributed by atoms with van der Waals surface area (Å²) in [4.78, 5) is 15.4. The number of nitrogens with zero attached hydrogens (tertiary/aromatic N) is 2. The van der Waals surface area contributed by atoms with E-state index < -0.39 is 0 Å². The summed E-state index contributed by atoms with van der Waals surface area (Å²) in [7, 11) is 0. The highest BCUT2D eigenvalue weighted by molar-refractivity contribution is 5.97. The van der Waals surface area contributed by atoms with E-state index in [0.29, 0.717) is 18.8 Å². The molecule has 1 amide bonds. The van der Waals surface area contributed by atoms with Crippen molar-refractivity contribution in [3.63, 3.8) is 0 Å². The summed E-state index contributed by atoms with van der Waals surface area (Å²) in [6.07, 6.45) is 2.58. The van der Waals surface area contributed by atoms with E-state index in [1.807, 2.05) is 35.2 Å². The average molecular weight is 370 g/mol. The van der Waals surface area contributed by atoms with E-state index in [-0.39, 0.29) is 5.91 Å². The van der Waals surface area contributed by atoms with Crippen molar-refractivity contribution in [1.29, 1.82) is 0 Å². The Labute approximate surface area is 164 Å². The predicted molar refractivity (Wildman–Crippen MR) is 109 cm³/mol. The maximum Gasteiger partial charge on any atom is 0.270 e. The first-order chi connectivity index (χ1) is 13.7. The van der Waals surface area contributed by atoms with E-state index in [4.69, 9.17) is 4.42 Å². The van der Waals surface area contributed by atoms with E-state index in [1.54, 1.807) is 6.26 Å². The molecule has 0 unspecified atom stereocenters. The normalized spacial score (nSPS) is 13.7. The van der Waals surface area contributed by atoms with Crippen molar-refractivity contribution in [3.8, 4) is 0 Å². The number of carbonyl (C=O) groups is 1. The second-order valence-corrected chi connectivity index (χ2v) is 7.46. The van der Waals surface area contributed by atoms with Gasteiger partial charge in [0.15, 0.2) is 5.58 Å². The first-order valence-electron chi connectivity index (χ1n) is 9.68. The first kappa shape index (κ1) is 16.9. The number of hydrogen-bond acceptors (Lipinski definition) is 2. The molecule has 0 saturated carbocycles. The monoisotopic (exact) mass is 370 g/mol. The fourth-order valence-electron chi connectivity index (χ4n) is 4.11. The molecule has 5 rings (SSSR count). The summed E-state index contributed by atoms with van der Waals surface area (Å²) < 4.78 is 7.70. The molecule has 140 valence electrons. The molecule has 0 spiro atoms. The van der Waals surface area contributed by atoms with Crippen LogP contribution in [0.1, 0.15) is 32.7 Å². The fraction of sp³-hybridized carbons (Fsp3) is 0.208. The van der Waals surface area contributed by atoms with Gasteiger partial charge in [-0.2, -0.15) is 0 Å². The third-order valence-corrected chi connectivity index (χ3v) is 5.75. The average Bonchev–Trinajstić information content (AvgIpc) is 3.31. The summed E-state index contributed by atoms with van der Waals surface area (Å²) in [6, 6.07) is 20.5. The van der Waals surface area contributed by atoms with Crippen LogP contribution in [0.15, 0.2) is 71.3 Å². The maximum absolute atomic E-state index is 13.4. The Bertz CT molecular complexity index is 1170. The van der Waals surface area contributed by atoms with Gasteiger partial charge in [-0.05, 0) is 35.6 Å². The zero-order chi connectivity index (χ0) is 19.1. The Hall–Kier alpha value is -3.27. The molecule has 0 radical (unpaired) electrons. The third kappa shape index (κ3) is 2.82. The van der Waals surface area contributed by atoms with Crippen molar-refractivity contribution in [3.05, 3.63) is 94.9 Å². The third-order valence-electron chi connectivity index (χ3n) is 5.75. The number of aromatic nitrogens is 1.